The molecule has 1 saturated heterocycles. The number of nitrogens with zero attached hydrogens (tertiary/aromatic N) is 2. The van der Waals surface area contributed by atoms with Gasteiger partial charge in [0.2, 0.25) is 0 Å². The predicted octanol–water partition coefficient (Wildman–Crippen LogP) is 5.58. The zero-order chi connectivity index (χ0) is 21.8. The number of fused-ring (bicyclic) bond motifs is 1. The highest BCUT2D eigenvalue weighted by molar-refractivity contribution is 5.95. The minimum absolute atomic E-state index is 0.0345. The molecule has 1 amide bonds. The molecule has 0 radical (unpaired) electrons. The number of para-hydroxylation sites is 1. The molecule has 0 aliphatic carbocycles. The van der Waals surface area contributed by atoms with Crippen molar-refractivity contribution in [2.24, 2.45) is 5.92 Å². The zero-order valence-corrected chi connectivity index (χ0v) is 18.0. The fourth-order valence-electron chi connectivity index (χ4n) is 4.31. The van der Waals surface area contributed by atoms with Crippen molar-refractivity contribution in [2.75, 3.05) is 19.8 Å². The van der Waals surface area contributed by atoms with Crippen molar-refractivity contribution in [3.8, 4) is 11.1 Å². The van der Waals surface area contributed by atoms with Crippen molar-refractivity contribution < 1.29 is 9.53 Å². The molecule has 3 aromatic carbocycles. The number of benzene rings is 3. The van der Waals surface area contributed by atoms with E-state index in [0.29, 0.717) is 31.3 Å². The summed E-state index contributed by atoms with van der Waals surface area (Å²) >= 11 is 0. The van der Waals surface area contributed by atoms with Gasteiger partial charge in [0.1, 0.15) is 5.69 Å². The van der Waals surface area contributed by atoms with E-state index >= 15 is 0 Å². The number of rotatable bonds is 6. The van der Waals surface area contributed by atoms with Crippen LogP contribution in [-0.4, -0.2) is 35.5 Å². The number of hydrogen-bond donors (Lipinski definition) is 0. The number of pyridine rings is 1. The molecule has 1 unspecified atom stereocenters. The van der Waals surface area contributed by atoms with Gasteiger partial charge in [0.25, 0.3) is 5.91 Å². The molecule has 0 saturated carbocycles. The highest BCUT2D eigenvalue weighted by Gasteiger charge is 2.24. The van der Waals surface area contributed by atoms with Crippen molar-refractivity contribution in [3.63, 3.8) is 0 Å². The molecule has 160 valence electrons. The van der Waals surface area contributed by atoms with Crippen molar-refractivity contribution >= 4 is 16.8 Å². The summed E-state index contributed by atoms with van der Waals surface area (Å²) in [6.45, 7) is 2.69. The summed E-state index contributed by atoms with van der Waals surface area (Å²) in [6.07, 6.45) is 0.985. The molecule has 5 rings (SSSR count). The van der Waals surface area contributed by atoms with Crippen LogP contribution in [0.25, 0.3) is 22.0 Å². The summed E-state index contributed by atoms with van der Waals surface area (Å²) in [5.41, 5.74) is 4.77. The van der Waals surface area contributed by atoms with Crippen molar-refractivity contribution in [3.05, 3.63) is 102 Å². The first-order chi connectivity index (χ1) is 15.8. The van der Waals surface area contributed by atoms with Crippen LogP contribution < -0.4 is 0 Å². The Morgan fingerprint density at radius 2 is 1.72 bits per heavy atom. The van der Waals surface area contributed by atoms with Gasteiger partial charge in [-0.25, -0.2) is 4.98 Å². The average Bonchev–Trinajstić information content (AvgIpc) is 3.37. The SMILES string of the molecule is O=C(c1ccc2ccccc2n1)N(Cc1cccc(-c2ccccc2)c1)CC1CCOC1. The lowest BCUT2D eigenvalue weighted by Gasteiger charge is -2.25. The van der Waals surface area contributed by atoms with Crippen molar-refractivity contribution in [1.29, 1.82) is 0 Å². The molecule has 4 aromatic rings. The monoisotopic (exact) mass is 422 g/mol. The molecular formula is C28H26N2O2. The van der Waals surface area contributed by atoms with E-state index in [4.69, 9.17) is 4.74 Å². The predicted molar refractivity (Wildman–Crippen MR) is 127 cm³/mol. The molecule has 1 atom stereocenters. The van der Waals surface area contributed by atoms with E-state index < -0.39 is 0 Å². The molecule has 1 fully saturated rings. The lowest BCUT2D eigenvalue weighted by molar-refractivity contribution is 0.0701. The van der Waals surface area contributed by atoms with Gasteiger partial charge in [0, 0.05) is 31.0 Å². The molecule has 1 aliphatic rings. The second-order valence-corrected chi connectivity index (χ2v) is 8.37. The van der Waals surface area contributed by atoms with Crippen LogP contribution in [0.5, 0.6) is 0 Å². The summed E-state index contributed by atoms with van der Waals surface area (Å²) in [4.78, 5) is 20.1. The molecule has 4 heteroatoms. The third kappa shape index (κ3) is 4.56. The van der Waals surface area contributed by atoms with Crippen LogP contribution in [0.3, 0.4) is 0 Å². The first-order valence-electron chi connectivity index (χ1n) is 11.1. The van der Waals surface area contributed by atoms with Gasteiger partial charge in [-0.05, 0) is 41.3 Å². The zero-order valence-electron chi connectivity index (χ0n) is 18.0. The normalized spacial score (nSPS) is 15.7. The van der Waals surface area contributed by atoms with E-state index in [1.54, 1.807) is 0 Å². The Labute approximate surface area is 188 Å². The van der Waals surface area contributed by atoms with E-state index in [0.717, 1.165) is 35.1 Å². The van der Waals surface area contributed by atoms with E-state index in [1.807, 2.05) is 59.5 Å². The molecule has 0 bridgehead atoms. The lowest BCUT2D eigenvalue weighted by Crippen LogP contribution is -2.35. The number of ether oxygens (including phenoxy) is 1. The highest BCUT2D eigenvalue weighted by atomic mass is 16.5. The molecule has 4 nitrogen and oxygen atoms in total. The quantitative estimate of drug-likeness (QED) is 0.407. The maximum absolute atomic E-state index is 13.6. The van der Waals surface area contributed by atoms with Gasteiger partial charge in [-0.3, -0.25) is 4.79 Å². The molecule has 0 N–H and O–H groups in total. The van der Waals surface area contributed by atoms with E-state index in [-0.39, 0.29) is 5.91 Å². The summed E-state index contributed by atoms with van der Waals surface area (Å²) in [6, 6.07) is 30.5. The van der Waals surface area contributed by atoms with Gasteiger partial charge in [-0.15, -0.1) is 0 Å². The second kappa shape index (κ2) is 9.33. The fourth-order valence-corrected chi connectivity index (χ4v) is 4.31. The third-order valence-corrected chi connectivity index (χ3v) is 6.01. The van der Waals surface area contributed by atoms with Crippen LogP contribution in [0, 0.1) is 5.92 Å². The average molecular weight is 423 g/mol. The van der Waals surface area contributed by atoms with E-state index in [1.165, 1.54) is 5.56 Å². The second-order valence-electron chi connectivity index (χ2n) is 8.37. The Morgan fingerprint density at radius 3 is 2.56 bits per heavy atom. The fraction of sp³-hybridized carbons (Fsp3) is 0.214. The molecular weight excluding hydrogens is 396 g/mol. The Bertz CT molecular complexity index is 1220. The summed E-state index contributed by atoms with van der Waals surface area (Å²) in [5.74, 6) is 0.324. The number of aromatic nitrogens is 1. The third-order valence-electron chi connectivity index (χ3n) is 6.01. The number of amides is 1. The Balaban J connectivity index is 1.43. The van der Waals surface area contributed by atoms with Crippen LogP contribution in [-0.2, 0) is 11.3 Å². The summed E-state index contributed by atoms with van der Waals surface area (Å²) in [7, 11) is 0. The first kappa shape index (κ1) is 20.4. The minimum Gasteiger partial charge on any atom is -0.381 e. The maximum Gasteiger partial charge on any atom is 0.272 e. The standard InChI is InChI=1S/C28H26N2O2/c31-28(27-14-13-24-10-4-5-12-26(24)29-27)30(19-22-15-16-32-20-22)18-21-7-6-11-25(17-21)23-8-2-1-3-9-23/h1-14,17,22H,15-16,18-20H2. The van der Waals surface area contributed by atoms with Gasteiger partial charge in [-0.2, -0.15) is 0 Å². The highest BCUT2D eigenvalue weighted by Crippen LogP contribution is 2.23. The molecule has 0 spiro atoms. The van der Waals surface area contributed by atoms with Gasteiger partial charge in [0.15, 0.2) is 0 Å². The largest absolute Gasteiger partial charge is 0.381 e. The lowest BCUT2D eigenvalue weighted by atomic mass is 10.0. The smallest absolute Gasteiger partial charge is 0.272 e. The van der Waals surface area contributed by atoms with Crippen molar-refractivity contribution in [1.82, 2.24) is 9.88 Å². The first-order valence-corrected chi connectivity index (χ1v) is 11.1. The Kier molecular flexibility index (Phi) is 5.95. The van der Waals surface area contributed by atoms with E-state index in [2.05, 4.69) is 41.4 Å². The number of carbonyl (C=O) groups excluding carboxylic acids is 1. The van der Waals surface area contributed by atoms with Gasteiger partial charge >= 0.3 is 0 Å². The van der Waals surface area contributed by atoms with Gasteiger partial charge in [0.05, 0.1) is 12.1 Å². The minimum atomic E-state index is -0.0345. The number of carbonyl (C=O) groups is 1. The Hall–Kier alpha value is -3.50. The van der Waals surface area contributed by atoms with Crippen LogP contribution in [0.2, 0.25) is 0 Å². The molecule has 1 aromatic heterocycles. The molecule has 1 aliphatic heterocycles. The number of hydrogen-bond acceptors (Lipinski definition) is 3. The van der Waals surface area contributed by atoms with Crippen LogP contribution in [0.4, 0.5) is 0 Å². The Morgan fingerprint density at radius 1 is 0.906 bits per heavy atom. The molecule has 32 heavy (non-hydrogen) atoms. The van der Waals surface area contributed by atoms with E-state index in [9.17, 15) is 4.79 Å². The molecule has 2 heterocycles. The summed E-state index contributed by atoms with van der Waals surface area (Å²) in [5, 5.41) is 1.04. The van der Waals surface area contributed by atoms with Crippen LogP contribution >= 0.6 is 0 Å². The van der Waals surface area contributed by atoms with Crippen LogP contribution in [0.15, 0.2) is 91.0 Å². The van der Waals surface area contributed by atoms with Crippen LogP contribution in [0.1, 0.15) is 22.5 Å². The maximum atomic E-state index is 13.6. The summed E-state index contributed by atoms with van der Waals surface area (Å²) < 4.78 is 5.57. The van der Waals surface area contributed by atoms with Crippen molar-refractivity contribution in [2.45, 2.75) is 13.0 Å². The van der Waals surface area contributed by atoms with Gasteiger partial charge in [-0.1, -0.05) is 72.8 Å². The topological polar surface area (TPSA) is 42.4 Å². The van der Waals surface area contributed by atoms with Gasteiger partial charge < -0.3 is 9.64 Å².